The van der Waals surface area contributed by atoms with Gasteiger partial charge in [-0.15, -0.1) is 0 Å². The molecule has 0 amide bonds. The lowest BCUT2D eigenvalue weighted by molar-refractivity contribution is 0.594. The summed E-state index contributed by atoms with van der Waals surface area (Å²) >= 11 is 0. The molecule has 3 rings (SSSR count). The molecule has 0 saturated carbocycles. The molecule has 0 radical (unpaired) electrons. The van der Waals surface area contributed by atoms with Gasteiger partial charge in [0.05, 0.1) is 0 Å². The Balaban J connectivity index is 2.11. The minimum atomic E-state index is 0.0786. The first-order chi connectivity index (χ1) is 8.95. The van der Waals surface area contributed by atoms with E-state index in [0.717, 1.165) is 0 Å². The second-order valence-electron chi connectivity index (χ2n) is 4.10. The van der Waals surface area contributed by atoms with E-state index in [9.17, 15) is 0 Å². The summed E-state index contributed by atoms with van der Waals surface area (Å²) in [6.07, 6.45) is 3.32. The van der Waals surface area contributed by atoms with Crippen molar-refractivity contribution in [3.05, 3.63) is 84.4 Å². The van der Waals surface area contributed by atoms with Crippen LogP contribution in [0.3, 0.4) is 0 Å². The summed E-state index contributed by atoms with van der Waals surface area (Å²) in [6.45, 7) is 0. The summed E-state index contributed by atoms with van der Waals surface area (Å²) in [6, 6.07) is 20.7. The Labute approximate surface area is 106 Å². The third-order valence-corrected chi connectivity index (χ3v) is 2.93. The van der Waals surface area contributed by atoms with Crippen LogP contribution in [0.25, 0.3) is 0 Å². The molecule has 0 saturated heterocycles. The molecule has 3 nitrogen and oxygen atoms in total. The average Bonchev–Trinajstić information content (AvgIpc) is 2.95. The van der Waals surface area contributed by atoms with E-state index in [1.54, 1.807) is 12.7 Å². The number of aromatic nitrogens is 3. The van der Waals surface area contributed by atoms with E-state index in [1.165, 1.54) is 11.1 Å². The van der Waals surface area contributed by atoms with Gasteiger partial charge in [-0.25, -0.2) is 9.67 Å². The van der Waals surface area contributed by atoms with Crippen LogP contribution in [0.1, 0.15) is 17.2 Å². The van der Waals surface area contributed by atoms with Crippen LogP contribution in [-0.2, 0) is 0 Å². The highest BCUT2D eigenvalue weighted by Crippen LogP contribution is 2.24. The predicted octanol–water partition coefficient (Wildman–Crippen LogP) is 2.92. The van der Waals surface area contributed by atoms with E-state index in [4.69, 9.17) is 0 Å². The molecule has 2 aromatic carbocycles. The van der Waals surface area contributed by atoms with Crippen molar-refractivity contribution in [1.82, 2.24) is 14.8 Å². The van der Waals surface area contributed by atoms with Gasteiger partial charge in [-0.2, -0.15) is 5.10 Å². The van der Waals surface area contributed by atoms with Crippen molar-refractivity contribution in [2.24, 2.45) is 0 Å². The first-order valence-corrected chi connectivity index (χ1v) is 5.89. The number of hydrogen-bond donors (Lipinski definition) is 0. The molecule has 0 spiro atoms. The summed E-state index contributed by atoms with van der Waals surface area (Å²) in [5.74, 6) is 0. The average molecular weight is 235 g/mol. The van der Waals surface area contributed by atoms with Crippen molar-refractivity contribution in [2.75, 3.05) is 0 Å². The van der Waals surface area contributed by atoms with Gasteiger partial charge >= 0.3 is 0 Å². The highest BCUT2D eigenvalue weighted by atomic mass is 15.3. The minimum absolute atomic E-state index is 0.0786. The fraction of sp³-hybridized carbons (Fsp3) is 0.0667. The van der Waals surface area contributed by atoms with Crippen LogP contribution in [0, 0.1) is 0 Å². The maximum Gasteiger partial charge on any atom is 0.137 e. The largest absolute Gasteiger partial charge is 0.241 e. The number of rotatable bonds is 3. The summed E-state index contributed by atoms with van der Waals surface area (Å²) in [7, 11) is 0. The molecular formula is C15H13N3. The minimum Gasteiger partial charge on any atom is -0.241 e. The predicted molar refractivity (Wildman–Crippen MR) is 70.1 cm³/mol. The number of benzene rings is 2. The van der Waals surface area contributed by atoms with Gasteiger partial charge in [0, 0.05) is 0 Å². The molecule has 0 atom stereocenters. The highest BCUT2D eigenvalue weighted by molar-refractivity contribution is 5.31. The van der Waals surface area contributed by atoms with E-state index >= 15 is 0 Å². The van der Waals surface area contributed by atoms with Crippen molar-refractivity contribution in [1.29, 1.82) is 0 Å². The summed E-state index contributed by atoms with van der Waals surface area (Å²) in [4.78, 5) is 4.05. The van der Waals surface area contributed by atoms with Crippen LogP contribution in [-0.4, -0.2) is 14.8 Å². The van der Waals surface area contributed by atoms with Gasteiger partial charge in [0.1, 0.15) is 18.7 Å². The topological polar surface area (TPSA) is 30.7 Å². The molecule has 88 valence electrons. The molecule has 0 aliphatic heterocycles. The third-order valence-electron chi connectivity index (χ3n) is 2.93. The van der Waals surface area contributed by atoms with Crippen LogP contribution in [0.5, 0.6) is 0 Å². The first-order valence-electron chi connectivity index (χ1n) is 5.89. The van der Waals surface area contributed by atoms with Crippen molar-refractivity contribution < 1.29 is 0 Å². The van der Waals surface area contributed by atoms with Crippen LogP contribution in [0.4, 0.5) is 0 Å². The molecule has 0 aliphatic rings. The van der Waals surface area contributed by atoms with Gasteiger partial charge in [-0.05, 0) is 11.1 Å². The monoisotopic (exact) mass is 235 g/mol. The lowest BCUT2D eigenvalue weighted by Gasteiger charge is -2.17. The second kappa shape index (κ2) is 4.84. The zero-order valence-corrected chi connectivity index (χ0v) is 9.85. The maximum atomic E-state index is 4.27. The van der Waals surface area contributed by atoms with Gasteiger partial charge in [0.15, 0.2) is 0 Å². The molecule has 1 heterocycles. The van der Waals surface area contributed by atoms with Crippen LogP contribution < -0.4 is 0 Å². The molecule has 0 N–H and O–H groups in total. The fourth-order valence-electron chi connectivity index (χ4n) is 2.12. The van der Waals surface area contributed by atoms with Crippen molar-refractivity contribution in [2.45, 2.75) is 6.04 Å². The van der Waals surface area contributed by atoms with Gasteiger partial charge < -0.3 is 0 Å². The molecule has 18 heavy (non-hydrogen) atoms. The fourth-order valence-corrected chi connectivity index (χ4v) is 2.12. The third kappa shape index (κ3) is 2.02. The SMILES string of the molecule is c1ccc(C(c2ccccc2)n2cncn2)cc1. The van der Waals surface area contributed by atoms with Crippen LogP contribution >= 0.6 is 0 Å². The molecule has 0 bridgehead atoms. The van der Waals surface area contributed by atoms with E-state index in [2.05, 4.69) is 34.3 Å². The second-order valence-corrected chi connectivity index (χ2v) is 4.10. The lowest BCUT2D eigenvalue weighted by Crippen LogP contribution is -2.12. The molecule has 0 fully saturated rings. The van der Waals surface area contributed by atoms with Crippen LogP contribution in [0.2, 0.25) is 0 Å². The van der Waals surface area contributed by atoms with Crippen LogP contribution in [0.15, 0.2) is 73.3 Å². The van der Waals surface area contributed by atoms with Crippen molar-refractivity contribution >= 4 is 0 Å². The van der Waals surface area contributed by atoms with Gasteiger partial charge in [-0.1, -0.05) is 60.7 Å². The maximum absolute atomic E-state index is 4.27. The summed E-state index contributed by atoms with van der Waals surface area (Å²) in [5, 5.41) is 4.27. The van der Waals surface area contributed by atoms with Gasteiger partial charge in [-0.3, -0.25) is 0 Å². The van der Waals surface area contributed by atoms with E-state index in [-0.39, 0.29) is 6.04 Å². The molecule has 0 aliphatic carbocycles. The first kappa shape index (κ1) is 10.7. The Morgan fingerprint density at radius 1 is 0.778 bits per heavy atom. The Hall–Kier alpha value is -2.42. The Bertz CT molecular complexity index is 549. The molecule has 3 aromatic rings. The van der Waals surface area contributed by atoms with E-state index in [0.29, 0.717) is 0 Å². The molecule has 1 aromatic heterocycles. The van der Waals surface area contributed by atoms with E-state index < -0.39 is 0 Å². The Kier molecular flexibility index (Phi) is 2.88. The number of hydrogen-bond acceptors (Lipinski definition) is 2. The standard InChI is InChI=1S/C15H13N3/c1-3-7-13(8-4-1)15(18-12-16-11-17-18)14-9-5-2-6-10-14/h1-12,15H. The normalized spacial score (nSPS) is 10.7. The Morgan fingerprint density at radius 3 is 1.78 bits per heavy atom. The zero-order valence-electron chi connectivity index (χ0n) is 9.85. The Morgan fingerprint density at radius 2 is 1.33 bits per heavy atom. The van der Waals surface area contributed by atoms with Crippen molar-refractivity contribution in [3.8, 4) is 0 Å². The number of nitrogens with zero attached hydrogens (tertiary/aromatic N) is 3. The van der Waals surface area contributed by atoms with E-state index in [1.807, 2.05) is 41.1 Å². The summed E-state index contributed by atoms with van der Waals surface area (Å²) < 4.78 is 1.88. The quantitative estimate of drug-likeness (QED) is 0.698. The molecule has 3 heteroatoms. The van der Waals surface area contributed by atoms with Gasteiger partial charge in [0.25, 0.3) is 0 Å². The molecule has 0 unspecified atom stereocenters. The van der Waals surface area contributed by atoms with Crippen molar-refractivity contribution in [3.63, 3.8) is 0 Å². The summed E-state index contributed by atoms with van der Waals surface area (Å²) in [5.41, 5.74) is 2.41. The zero-order chi connectivity index (χ0) is 12.2. The smallest absolute Gasteiger partial charge is 0.137 e. The highest BCUT2D eigenvalue weighted by Gasteiger charge is 2.15. The molecular weight excluding hydrogens is 222 g/mol. The van der Waals surface area contributed by atoms with Gasteiger partial charge in [0.2, 0.25) is 0 Å². The lowest BCUT2D eigenvalue weighted by atomic mass is 9.99.